The molecule has 0 aliphatic heterocycles. The van der Waals surface area contributed by atoms with Crippen LogP contribution in [0.5, 0.6) is 0 Å². The van der Waals surface area contributed by atoms with Crippen molar-refractivity contribution in [3.8, 4) is 0 Å². The van der Waals surface area contributed by atoms with Crippen LogP contribution in [0, 0.1) is 0 Å². The monoisotopic (exact) mass is 249 g/mol. The maximum Gasteiger partial charge on any atom is 0.0897 e. The minimum atomic E-state index is -0.543. The lowest BCUT2D eigenvalue weighted by Gasteiger charge is -2.14. The molecular formula is C12H27NO4. The van der Waals surface area contributed by atoms with Crippen LogP contribution in [-0.4, -0.2) is 61.4 Å². The SMILES string of the molecule is CCC(O)CNCC(O)COCCOC(C)C. The summed E-state index contributed by atoms with van der Waals surface area (Å²) in [5, 5.41) is 21.8. The molecule has 2 atom stereocenters. The van der Waals surface area contributed by atoms with E-state index in [2.05, 4.69) is 5.32 Å². The molecule has 0 aliphatic rings. The molecule has 3 N–H and O–H groups in total. The van der Waals surface area contributed by atoms with Gasteiger partial charge in [-0.1, -0.05) is 6.92 Å². The van der Waals surface area contributed by atoms with Crippen molar-refractivity contribution in [2.75, 3.05) is 32.9 Å². The first-order valence-corrected chi connectivity index (χ1v) is 6.32. The first-order chi connectivity index (χ1) is 8.06. The summed E-state index contributed by atoms with van der Waals surface area (Å²) < 4.78 is 10.5. The molecule has 0 aromatic carbocycles. The normalized spacial score (nSPS) is 15.2. The first kappa shape index (κ1) is 16.8. The highest BCUT2D eigenvalue weighted by Crippen LogP contribution is 1.90. The van der Waals surface area contributed by atoms with E-state index in [1.165, 1.54) is 0 Å². The van der Waals surface area contributed by atoms with Crippen LogP contribution >= 0.6 is 0 Å². The molecule has 0 amide bonds. The quantitative estimate of drug-likeness (QED) is 0.455. The van der Waals surface area contributed by atoms with Gasteiger partial charge in [0.2, 0.25) is 0 Å². The van der Waals surface area contributed by atoms with E-state index >= 15 is 0 Å². The standard InChI is InChI=1S/C12H27NO4/c1-4-11(14)7-13-8-12(15)9-16-5-6-17-10(2)3/h10-15H,4-9H2,1-3H3. The van der Waals surface area contributed by atoms with E-state index in [0.29, 0.717) is 32.7 Å². The number of hydrogen-bond donors (Lipinski definition) is 3. The molecule has 0 bridgehead atoms. The molecule has 5 heteroatoms. The fraction of sp³-hybridized carbons (Fsp3) is 1.00. The van der Waals surface area contributed by atoms with Crippen LogP contribution in [0.15, 0.2) is 0 Å². The Bertz CT molecular complexity index is 167. The van der Waals surface area contributed by atoms with Crippen LogP contribution in [0.4, 0.5) is 0 Å². The number of nitrogens with one attached hydrogen (secondary N) is 1. The predicted octanol–water partition coefficient (Wildman–Crippen LogP) is 0.149. The van der Waals surface area contributed by atoms with Crippen LogP contribution < -0.4 is 5.32 Å². The van der Waals surface area contributed by atoms with Crippen LogP contribution in [0.25, 0.3) is 0 Å². The molecule has 104 valence electrons. The van der Waals surface area contributed by atoms with E-state index in [1.54, 1.807) is 0 Å². The highest BCUT2D eigenvalue weighted by atomic mass is 16.5. The van der Waals surface area contributed by atoms with Crippen LogP contribution in [0.2, 0.25) is 0 Å². The molecule has 0 rings (SSSR count). The maximum atomic E-state index is 9.53. The average Bonchev–Trinajstić information content (AvgIpc) is 2.27. The van der Waals surface area contributed by atoms with Crippen LogP contribution in [-0.2, 0) is 9.47 Å². The lowest BCUT2D eigenvalue weighted by atomic mass is 10.3. The largest absolute Gasteiger partial charge is 0.392 e. The molecule has 0 saturated carbocycles. The highest BCUT2D eigenvalue weighted by Gasteiger charge is 2.05. The van der Waals surface area contributed by atoms with Gasteiger partial charge in [-0.15, -0.1) is 0 Å². The molecule has 0 heterocycles. The Morgan fingerprint density at radius 3 is 2.29 bits per heavy atom. The maximum absolute atomic E-state index is 9.53. The van der Waals surface area contributed by atoms with Gasteiger partial charge in [-0.3, -0.25) is 0 Å². The van der Waals surface area contributed by atoms with Crippen molar-refractivity contribution < 1.29 is 19.7 Å². The Labute approximate surface area is 104 Å². The Hall–Kier alpha value is -0.200. The number of aliphatic hydroxyl groups is 2. The second-order valence-corrected chi connectivity index (χ2v) is 4.37. The van der Waals surface area contributed by atoms with Gasteiger partial charge in [0, 0.05) is 13.1 Å². The molecule has 0 aromatic rings. The van der Waals surface area contributed by atoms with Crippen molar-refractivity contribution >= 4 is 0 Å². The molecule has 2 unspecified atom stereocenters. The van der Waals surface area contributed by atoms with Gasteiger partial charge in [-0.25, -0.2) is 0 Å². The van der Waals surface area contributed by atoms with E-state index in [9.17, 15) is 10.2 Å². The lowest BCUT2D eigenvalue weighted by molar-refractivity contribution is -0.0104. The van der Waals surface area contributed by atoms with E-state index < -0.39 is 6.10 Å². The molecule has 0 saturated heterocycles. The summed E-state index contributed by atoms with van der Waals surface area (Å²) in [4.78, 5) is 0. The Balaban J connectivity index is 3.26. The molecule has 0 radical (unpaired) electrons. The molecule has 0 spiro atoms. The molecule has 5 nitrogen and oxygen atoms in total. The zero-order chi connectivity index (χ0) is 13.1. The number of hydrogen-bond acceptors (Lipinski definition) is 5. The molecule has 0 fully saturated rings. The van der Waals surface area contributed by atoms with Gasteiger partial charge in [-0.2, -0.15) is 0 Å². The van der Waals surface area contributed by atoms with Crippen molar-refractivity contribution in [1.29, 1.82) is 0 Å². The zero-order valence-corrected chi connectivity index (χ0v) is 11.2. The minimum absolute atomic E-state index is 0.209. The molecular weight excluding hydrogens is 222 g/mol. The van der Waals surface area contributed by atoms with Gasteiger partial charge in [0.15, 0.2) is 0 Å². The van der Waals surface area contributed by atoms with E-state index in [4.69, 9.17) is 9.47 Å². The molecule has 0 aliphatic carbocycles. The van der Waals surface area contributed by atoms with Crippen LogP contribution in [0.3, 0.4) is 0 Å². The second kappa shape index (κ2) is 10.9. The van der Waals surface area contributed by atoms with Gasteiger partial charge in [0.05, 0.1) is 38.1 Å². The van der Waals surface area contributed by atoms with Crippen molar-refractivity contribution in [3.05, 3.63) is 0 Å². The summed E-state index contributed by atoms with van der Waals surface area (Å²) in [6, 6.07) is 0. The fourth-order valence-corrected chi connectivity index (χ4v) is 1.18. The smallest absolute Gasteiger partial charge is 0.0897 e. The Morgan fingerprint density at radius 1 is 1.06 bits per heavy atom. The van der Waals surface area contributed by atoms with Gasteiger partial charge in [-0.05, 0) is 20.3 Å². The van der Waals surface area contributed by atoms with Crippen molar-refractivity contribution in [2.45, 2.75) is 45.5 Å². The van der Waals surface area contributed by atoms with Gasteiger partial charge < -0.3 is 25.0 Å². The van der Waals surface area contributed by atoms with Crippen molar-refractivity contribution in [1.82, 2.24) is 5.32 Å². The third-order valence-electron chi connectivity index (χ3n) is 2.22. The number of rotatable bonds is 11. The van der Waals surface area contributed by atoms with Gasteiger partial charge in [0.1, 0.15) is 0 Å². The van der Waals surface area contributed by atoms with Gasteiger partial charge >= 0.3 is 0 Å². The van der Waals surface area contributed by atoms with Crippen LogP contribution in [0.1, 0.15) is 27.2 Å². The number of aliphatic hydroxyl groups excluding tert-OH is 2. The summed E-state index contributed by atoms with van der Waals surface area (Å²) in [5.41, 5.74) is 0. The molecule has 0 aromatic heterocycles. The zero-order valence-electron chi connectivity index (χ0n) is 11.2. The summed E-state index contributed by atoms with van der Waals surface area (Å²) >= 11 is 0. The van der Waals surface area contributed by atoms with Crippen molar-refractivity contribution in [3.63, 3.8) is 0 Å². The second-order valence-electron chi connectivity index (χ2n) is 4.37. The topological polar surface area (TPSA) is 71.0 Å². The molecule has 17 heavy (non-hydrogen) atoms. The third-order valence-corrected chi connectivity index (χ3v) is 2.22. The average molecular weight is 249 g/mol. The first-order valence-electron chi connectivity index (χ1n) is 6.32. The minimum Gasteiger partial charge on any atom is -0.392 e. The summed E-state index contributed by atoms with van der Waals surface area (Å²) in [7, 11) is 0. The Morgan fingerprint density at radius 2 is 1.71 bits per heavy atom. The van der Waals surface area contributed by atoms with Gasteiger partial charge in [0.25, 0.3) is 0 Å². The number of ether oxygens (including phenoxy) is 2. The van der Waals surface area contributed by atoms with E-state index in [0.717, 1.165) is 0 Å². The van der Waals surface area contributed by atoms with E-state index in [-0.39, 0.29) is 18.8 Å². The summed E-state index contributed by atoms with van der Waals surface area (Å²) in [6.07, 6.45) is 0.0352. The fourth-order valence-electron chi connectivity index (χ4n) is 1.18. The van der Waals surface area contributed by atoms with Crippen molar-refractivity contribution in [2.24, 2.45) is 0 Å². The Kier molecular flexibility index (Phi) is 10.8. The lowest BCUT2D eigenvalue weighted by Crippen LogP contribution is -2.35. The third kappa shape index (κ3) is 12.1. The summed E-state index contributed by atoms with van der Waals surface area (Å²) in [5.74, 6) is 0. The predicted molar refractivity (Wildman–Crippen MR) is 67.1 cm³/mol. The highest BCUT2D eigenvalue weighted by molar-refractivity contribution is 4.62. The van der Waals surface area contributed by atoms with E-state index in [1.807, 2.05) is 20.8 Å². The summed E-state index contributed by atoms with van der Waals surface area (Å²) in [6.45, 7) is 8.12.